The molecule has 0 saturated carbocycles. The highest BCUT2D eigenvalue weighted by molar-refractivity contribution is 5.50. The van der Waals surface area contributed by atoms with Crippen molar-refractivity contribution in [3.8, 4) is 0 Å². The molecular formula is C13H22N2O. The molecule has 1 aromatic carbocycles. The van der Waals surface area contributed by atoms with Crippen LogP contribution in [0.3, 0.4) is 0 Å². The molecule has 0 aliphatic rings. The van der Waals surface area contributed by atoms with Crippen LogP contribution < -0.4 is 5.73 Å². The molecule has 0 bridgehead atoms. The summed E-state index contributed by atoms with van der Waals surface area (Å²) < 4.78 is 0. The van der Waals surface area contributed by atoms with Gasteiger partial charge in [0, 0.05) is 12.2 Å². The van der Waals surface area contributed by atoms with E-state index in [4.69, 9.17) is 5.73 Å². The summed E-state index contributed by atoms with van der Waals surface area (Å²) in [6, 6.07) is 5.73. The number of hydrogen-bond acceptors (Lipinski definition) is 3. The normalized spacial score (nSPS) is 11.0. The molecule has 1 aromatic rings. The van der Waals surface area contributed by atoms with E-state index in [-0.39, 0.29) is 6.61 Å². The maximum absolute atomic E-state index is 9.25. The minimum Gasteiger partial charge on any atom is -0.398 e. The maximum Gasteiger partial charge on any atom is 0.0685 e. The molecule has 0 saturated heterocycles. The average molecular weight is 222 g/mol. The van der Waals surface area contributed by atoms with E-state index in [2.05, 4.69) is 18.7 Å². The quantitative estimate of drug-likeness (QED) is 0.719. The van der Waals surface area contributed by atoms with Crippen molar-refractivity contribution in [2.24, 2.45) is 0 Å². The summed E-state index contributed by atoms with van der Waals surface area (Å²) in [6.07, 6.45) is 0.907. The Morgan fingerprint density at radius 1 is 1.25 bits per heavy atom. The summed E-state index contributed by atoms with van der Waals surface area (Å²) >= 11 is 0. The predicted octanol–water partition coefficient (Wildman–Crippen LogP) is 1.65. The van der Waals surface area contributed by atoms with E-state index in [0.717, 1.165) is 42.9 Å². The van der Waals surface area contributed by atoms with E-state index in [1.165, 1.54) is 0 Å². The van der Waals surface area contributed by atoms with Crippen molar-refractivity contribution in [3.63, 3.8) is 0 Å². The van der Waals surface area contributed by atoms with Crippen LogP contribution >= 0.6 is 0 Å². The zero-order chi connectivity index (χ0) is 12.0. The van der Waals surface area contributed by atoms with Gasteiger partial charge in [-0.3, -0.25) is 0 Å². The number of nitrogens with two attached hydrogens (primary N) is 1. The molecular weight excluding hydrogens is 200 g/mol. The number of aliphatic hydroxyl groups excluding tert-OH is 1. The highest BCUT2D eigenvalue weighted by atomic mass is 16.3. The van der Waals surface area contributed by atoms with Gasteiger partial charge in [-0.2, -0.15) is 0 Å². The number of anilines is 1. The molecule has 0 aromatic heterocycles. The first-order chi connectivity index (χ1) is 7.72. The smallest absolute Gasteiger partial charge is 0.0685 e. The number of rotatable bonds is 6. The van der Waals surface area contributed by atoms with Crippen LogP contribution in [0.15, 0.2) is 18.2 Å². The van der Waals surface area contributed by atoms with Crippen LogP contribution in [0.4, 0.5) is 5.69 Å². The standard InChI is InChI=1S/C13H22N2O/c1-3-15(4-2)9-8-12-11(10-16)6-5-7-13(12)14/h5-7,16H,3-4,8-10,14H2,1-2H3. The molecule has 0 amide bonds. The van der Waals surface area contributed by atoms with Gasteiger partial charge in [0.15, 0.2) is 0 Å². The van der Waals surface area contributed by atoms with Crippen LogP contribution in [0, 0.1) is 0 Å². The van der Waals surface area contributed by atoms with Gasteiger partial charge in [-0.05, 0) is 36.7 Å². The number of aliphatic hydroxyl groups is 1. The zero-order valence-electron chi connectivity index (χ0n) is 10.2. The number of hydrogen-bond donors (Lipinski definition) is 2. The second-order valence-corrected chi connectivity index (χ2v) is 3.92. The van der Waals surface area contributed by atoms with E-state index in [1.807, 2.05) is 18.2 Å². The molecule has 0 spiro atoms. The van der Waals surface area contributed by atoms with Gasteiger partial charge in [-0.25, -0.2) is 0 Å². The summed E-state index contributed by atoms with van der Waals surface area (Å²) in [6.45, 7) is 7.48. The van der Waals surface area contributed by atoms with Crippen molar-refractivity contribution in [2.45, 2.75) is 26.9 Å². The number of nitrogen functional groups attached to an aromatic ring is 1. The Hall–Kier alpha value is -1.06. The molecule has 90 valence electrons. The van der Waals surface area contributed by atoms with Crippen LogP contribution in [-0.2, 0) is 13.0 Å². The minimum atomic E-state index is 0.0681. The van der Waals surface area contributed by atoms with Gasteiger partial charge in [0.25, 0.3) is 0 Å². The Bertz CT molecular complexity index is 322. The van der Waals surface area contributed by atoms with Crippen LogP contribution in [0.25, 0.3) is 0 Å². The molecule has 0 heterocycles. The van der Waals surface area contributed by atoms with Gasteiger partial charge in [-0.15, -0.1) is 0 Å². The first kappa shape index (κ1) is 13.0. The molecule has 3 heteroatoms. The Kier molecular flexibility index (Phi) is 5.29. The monoisotopic (exact) mass is 222 g/mol. The topological polar surface area (TPSA) is 49.5 Å². The third kappa shape index (κ3) is 3.22. The minimum absolute atomic E-state index is 0.0681. The van der Waals surface area contributed by atoms with Crippen molar-refractivity contribution in [3.05, 3.63) is 29.3 Å². The first-order valence-corrected chi connectivity index (χ1v) is 5.92. The largest absolute Gasteiger partial charge is 0.398 e. The molecule has 16 heavy (non-hydrogen) atoms. The molecule has 1 rings (SSSR count). The van der Waals surface area contributed by atoms with Crippen molar-refractivity contribution in [1.29, 1.82) is 0 Å². The highest BCUT2D eigenvalue weighted by Crippen LogP contribution is 2.18. The van der Waals surface area contributed by atoms with Crippen LogP contribution in [0.1, 0.15) is 25.0 Å². The third-order valence-electron chi connectivity index (χ3n) is 3.05. The Labute approximate surface area is 97.9 Å². The molecule has 0 radical (unpaired) electrons. The number of likely N-dealkylation sites (N-methyl/N-ethyl adjacent to an activating group) is 1. The number of nitrogens with zero attached hydrogens (tertiary/aromatic N) is 1. The van der Waals surface area contributed by atoms with E-state index < -0.39 is 0 Å². The maximum atomic E-state index is 9.25. The second kappa shape index (κ2) is 6.51. The fourth-order valence-corrected chi connectivity index (χ4v) is 1.92. The van der Waals surface area contributed by atoms with Gasteiger partial charge in [0.05, 0.1) is 6.61 Å². The molecule has 3 nitrogen and oxygen atoms in total. The Morgan fingerprint density at radius 2 is 1.94 bits per heavy atom. The van der Waals surface area contributed by atoms with E-state index in [0.29, 0.717) is 0 Å². The molecule has 0 aliphatic carbocycles. The van der Waals surface area contributed by atoms with Crippen molar-refractivity contribution < 1.29 is 5.11 Å². The lowest BCUT2D eigenvalue weighted by molar-refractivity contribution is 0.278. The highest BCUT2D eigenvalue weighted by Gasteiger charge is 2.07. The molecule has 0 unspecified atom stereocenters. The molecule has 0 atom stereocenters. The van der Waals surface area contributed by atoms with Crippen molar-refractivity contribution >= 4 is 5.69 Å². The Morgan fingerprint density at radius 3 is 2.50 bits per heavy atom. The lowest BCUT2D eigenvalue weighted by atomic mass is 10.0. The lowest BCUT2D eigenvalue weighted by Gasteiger charge is -2.19. The van der Waals surface area contributed by atoms with Gasteiger partial charge < -0.3 is 15.7 Å². The molecule has 3 N–H and O–H groups in total. The van der Waals surface area contributed by atoms with E-state index in [1.54, 1.807) is 0 Å². The second-order valence-electron chi connectivity index (χ2n) is 3.92. The van der Waals surface area contributed by atoms with Gasteiger partial charge >= 0.3 is 0 Å². The van der Waals surface area contributed by atoms with Gasteiger partial charge in [0.2, 0.25) is 0 Å². The van der Waals surface area contributed by atoms with Crippen LogP contribution in [0.2, 0.25) is 0 Å². The third-order valence-corrected chi connectivity index (χ3v) is 3.05. The van der Waals surface area contributed by atoms with Crippen molar-refractivity contribution in [2.75, 3.05) is 25.4 Å². The summed E-state index contributed by atoms with van der Waals surface area (Å²) in [5.74, 6) is 0. The first-order valence-electron chi connectivity index (χ1n) is 5.92. The summed E-state index contributed by atoms with van der Waals surface area (Å²) in [5, 5.41) is 9.25. The van der Waals surface area contributed by atoms with E-state index >= 15 is 0 Å². The lowest BCUT2D eigenvalue weighted by Crippen LogP contribution is -2.25. The summed E-state index contributed by atoms with van der Waals surface area (Å²) in [7, 11) is 0. The fourth-order valence-electron chi connectivity index (χ4n) is 1.92. The molecule has 0 fully saturated rings. The number of benzene rings is 1. The van der Waals surface area contributed by atoms with Gasteiger partial charge in [0.1, 0.15) is 0 Å². The SMILES string of the molecule is CCN(CC)CCc1c(N)cccc1CO. The van der Waals surface area contributed by atoms with E-state index in [9.17, 15) is 5.11 Å². The van der Waals surface area contributed by atoms with Gasteiger partial charge in [-0.1, -0.05) is 26.0 Å². The molecule has 0 aliphatic heterocycles. The summed E-state index contributed by atoms with van der Waals surface area (Å²) in [5.41, 5.74) is 8.77. The fraction of sp³-hybridized carbons (Fsp3) is 0.538. The van der Waals surface area contributed by atoms with Crippen LogP contribution in [0.5, 0.6) is 0 Å². The van der Waals surface area contributed by atoms with Crippen LogP contribution in [-0.4, -0.2) is 29.6 Å². The average Bonchev–Trinajstić information content (AvgIpc) is 2.31. The zero-order valence-corrected chi connectivity index (χ0v) is 10.2. The summed E-state index contributed by atoms with van der Waals surface area (Å²) in [4.78, 5) is 2.35. The predicted molar refractivity (Wildman–Crippen MR) is 68.3 cm³/mol. The van der Waals surface area contributed by atoms with Crippen molar-refractivity contribution in [1.82, 2.24) is 4.90 Å². The Balaban J connectivity index is 2.72.